The molecule has 2 aromatic rings. The topological polar surface area (TPSA) is 64.6 Å². The monoisotopic (exact) mass is 353 g/mol. The number of carbonyl (C=O) groups is 2. The van der Waals surface area contributed by atoms with Gasteiger partial charge in [-0.05, 0) is 23.3 Å². The average Bonchev–Trinajstić information content (AvgIpc) is 2.67. The fourth-order valence-electron chi connectivity index (χ4n) is 2.58. The number of carbonyl (C=O) groups excluding carboxylic acids is 2. The van der Waals surface area contributed by atoms with Gasteiger partial charge in [0.25, 0.3) is 0 Å². The van der Waals surface area contributed by atoms with Crippen LogP contribution in [-0.4, -0.2) is 26.2 Å². The molecule has 0 spiro atoms. The van der Waals surface area contributed by atoms with Gasteiger partial charge in [0, 0.05) is 11.1 Å². The maximum Gasteiger partial charge on any atom is 0.354 e. The lowest BCUT2D eigenvalue weighted by Crippen LogP contribution is -2.19. The van der Waals surface area contributed by atoms with E-state index in [1.165, 1.54) is 19.8 Å². The summed E-state index contributed by atoms with van der Waals surface area (Å²) in [6.07, 6.45) is 1.06. The zero-order chi connectivity index (χ0) is 19.2. The van der Waals surface area contributed by atoms with Crippen LogP contribution in [0.4, 0.5) is 5.69 Å². The molecule has 0 saturated carbocycles. The number of hydrogen-bond donors (Lipinski definition) is 1. The molecule has 0 atom stereocenters. The van der Waals surface area contributed by atoms with Crippen LogP contribution in [0.25, 0.3) is 0 Å². The molecule has 0 fully saturated rings. The van der Waals surface area contributed by atoms with E-state index in [1.54, 1.807) is 0 Å². The quantitative estimate of drug-likeness (QED) is 0.634. The van der Waals surface area contributed by atoms with E-state index in [4.69, 9.17) is 0 Å². The number of esters is 2. The van der Waals surface area contributed by atoms with E-state index in [9.17, 15) is 9.59 Å². The van der Waals surface area contributed by atoms with Gasteiger partial charge in [-0.15, -0.1) is 0 Å². The van der Waals surface area contributed by atoms with Crippen molar-refractivity contribution in [2.24, 2.45) is 0 Å². The number of nitrogens with one attached hydrogen (secondary N) is 1. The van der Waals surface area contributed by atoms with E-state index in [1.807, 2.05) is 42.5 Å². The van der Waals surface area contributed by atoms with Crippen LogP contribution in [0.1, 0.15) is 25.0 Å². The zero-order valence-electron chi connectivity index (χ0n) is 15.4. The smallest absolute Gasteiger partial charge is 0.354 e. The fourth-order valence-corrected chi connectivity index (χ4v) is 2.58. The van der Waals surface area contributed by atoms with Crippen molar-refractivity contribution in [3.05, 3.63) is 77.5 Å². The average molecular weight is 353 g/mol. The van der Waals surface area contributed by atoms with E-state index in [2.05, 4.69) is 40.8 Å². The first-order valence-electron chi connectivity index (χ1n) is 8.19. The van der Waals surface area contributed by atoms with Crippen LogP contribution in [0, 0.1) is 0 Å². The molecular formula is C21H23NO4. The molecule has 0 unspecified atom stereocenters. The minimum absolute atomic E-state index is 0.00872. The molecule has 1 N–H and O–H groups in total. The molecule has 0 heterocycles. The van der Waals surface area contributed by atoms with Gasteiger partial charge in [0.1, 0.15) is 5.70 Å². The number of methoxy groups -OCH3 is 2. The SMILES string of the molecule is COC(=O)/C=C(/Nc1ccc(C(C)(C)c2ccccc2)cc1)C(=O)OC. The lowest BCUT2D eigenvalue weighted by atomic mass is 9.78. The van der Waals surface area contributed by atoms with Crippen molar-refractivity contribution >= 4 is 17.6 Å². The Balaban J connectivity index is 2.24. The Hall–Kier alpha value is -3.08. The number of hydrogen-bond acceptors (Lipinski definition) is 5. The van der Waals surface area contributed by atoms with E-state index < -0.39 is 11.9 Å². The Bertz CT molecular complexity index is 793. The van der Waals surface area contributed by atoms with Crippen LogP contribution in [0.15, 0.2) is 66.4 Å². The Morgan fingerprint density at radius 2 is 1.46 bits per heavy atom. The molecule has 2 rings (SSSR count). The van der Waals surface area contributed by atoms with Crippen LogP contribution in [0.5, 0.6) is 0 Å². The summed E-state index contributed by atoms with van der Waals surface area (Å²) >= 11 is 0. The summed E-state index contributed by atoms with van der Waals surface area (Å²) in [6, 6.07) is 17.9. The highest BCUT2D eigenvalue weighted by Gasteiger charge is 2.22. The maximum atomic E-state index is 11.8. The second-order valence-electron chi connectivity index (χ2n) is 6.27. The third-order valence-electron chi connectivity index (χ3n) is 4.25. The fraction of sp³-hybridized carbons (Fsp3) is 0.238. The van der Waals surface area contributed by atoms with Crippen molar-refractivity contribution in [1.29, 1.82) is 0 Å². The predicted molar refractivity (Wildman–Crippen MR) is 101 cm³/mol. The molecule has 0 aliphatic carbocycles. The summed E-state index contributed by atoms with van der Waals surface area (Å²) in [4.78, 5) is 23.2. The molecule has 26 heavy (non-hydrogen) atoms. The first kappa shape index (κ1) is 19.2. The van der Waals surface area contributed by atoms with Crippen molar-refractivity contribution in [3.63, 3.8) is 0 Å². The van der Waals surface area contributed by atoms with Crippen molar-refractivity contribution in [3.8, 4) is 0 Å². The van der Waals surface area contributed by atoms with Gasteiger partial charge in [0.05, 0.1) is 20.3 Å². The molecule has 0 radical (unpaired) electrons. The van der Waals surface area contributed by atoms with Crippen molar-refractivity contribution in [2.75, 3.05) is 19.5 Å². The molecule has 5 heteroatoms. The van der Waals surface area contributed by atoms with Crippen LogP contribution in [0.2, 0.25) is 0 Å². The maximum absolute atomic E-state index is 11.8. The third-order valence-corrected chi connectivity index (χ3v) is 4.25. The van der Waals surface area contributed by atoms with Gasteiger partial charge >= 0.3 is 11.9 Å². The van der Waals surface area contributed by atoms with Crippen molar-refractivity contribution in [2.45, 2.75) is 19.3 Å². The molecule has 5 nitrogen and oxygen atoms in total. The minimum Gasteiger partial charge on any atom is -0.466 e. The Labute approximate surface area is 153 Å². The zero-order valence-corrected chi connectivity index (χ0v) is 15.4. The lowest BCUT2D eigenvalue weighted by Gasteiger charge is -2.26. The summed E-state index contributed by atoms with van der Waals surface area (Å²) < 4.78 is 9.25. The van der Waals surface area contributed by atoms with Gasteiger partial charge in [-0.2, -0.15) is 0 Å². The molecule has 136 valence electrons. The minimum atomic E-state index is -0.649. The van der Waals surface area contributed by atoms with Crippen LogP contribution in [-0.2, 0) is 24.5 Å². The van der Waals surface area contributed by atoms with Gasteiger partial charge < -0.3 is 14.8 Å². The molecule has 0 saturated heterocycles. The molecule has 0 aromatic heterocycles. The lowest BCUT2D eigenvalue weighted by molar-refractivity contribution is -0.138. The highest BCUT2D eigenvalue weighted by molar-refractivity contribution is 5.98. The molecule has 0 amide bonds. The van der Waals surface area contributed by atoms with Gasteiger partial charge in [0.15, 0.2) is 0 Å². The molecule has 0 aliphatic rings. The van der Waals surface area contributed by atoms with Crippen LogP contribution in [0.3, 0.4) is 0 Å². The highest BCUT2D eigenvalue weighted by atomic mass is 16.5. The number of ether oxygens (including phenoxy) is 2. The van der Waals surface area contributed by atoms with E-state index in [0.717, 1.165) is 11.6 Å². The Kier molecular flexibility index (Phi) is 6.17. The standard InChI is InChI=1S/C21H23NO4/c1-21(2,15-8-6-5-7-9-15)16-10-12-17(13-11-16)22-18(20(24)26-4)14-19(23)25-3/h5-14,22H,1-4H3/b18-14+. The second kappa shape index (κ2) is 8.34. The summed E-state index contributed by atoms with van der Waals surface area (Å²) in [5.74, 6) is -1.29. The summed E-state index contributed by atoms with van der Waals surface area (Å²) in [7, 11) is 2.49. The van der Waals surface area contributed by atoms with Crippen molar-refractivity contribution < 1.29 is 19.1 Å². The largest absolute Gasteiger partial charge is 0.466 e. The first-order valence-corrected chi connectivity index (χ1v) is 8.19. The molecule has 0 aliphatic heterocycles. The Morgan fingerprint density at radius 1 is 0.885 bits per heavy atom. The normalized spacial score (nSPS) is 11.6. The molecule has 0 bridgehead atoms. The van der Waals surface area contributed by atoms with Crippen molar-refractivity contribution in [1.82, 2.24) is 0 Å². The van der Waals surface area contributed by atoms with Crippen LogP contribution < -0.4 is 5.32 Å². The Morgan fingerprint density at radius 3 is 2.00 bits per heavy atom. The van der Waals surface area contributed by atoms with E-state index >= 15 is 0 Å². The van der Waals surface area contributed by atoms with Gasteiger partial charge in [-0.25, -0.2) is 9.59 Å². The first-order chi connectivity index (χ1) is 12.4. The summed E-state index contributed by atoms with van der Waals surface area (Å²) in [5.41, 5.74) is 2.85. The number of benzene rings is 2. The second-order valence-corrected chi connectivity index (χ2v) is 6.27. The van der Waals surface area contributed by atoms with Gasteiger partial charge in [-0.1, -0.05) is 56.3 Å². The van der Waals surface area contributed by atoms with E-state index in [0.29, 0.717) is 5.69 Å². The molecular weight excluding hydrogens is 330 g/mol. The summed E-state index contributed by atoms with van der Waals surface area (Å²) in [6.45, 7) is 4.31. The van der Waals surface area contributed by atoms with E-state index in [-0.39, 0.29) is 11.1 Å². The number of rotatable bonds is 6. The molecule has 2 aromatic carbocycles. The third kappa shape index (κ3) is 4.51. The van der Waals surface area contributed by atoms with Crippen LogP contribution >= 0.6 is 0 Å². The highest BCUT2D eigenvalue weighted by Crippen LogP contribution is 2.32. The summed E-state index contributed by atoms with van der Waals surface area (Å²) in [5, 5.41) is 2.90. The number of anilines is 1. The van der Waals surface area contributed by atoms with Gasteiger partial charge in [-0.3, -0.25) is 0 Å². The van der Waals surface area contributed by atoms with Gasteiger partial charge in [0.2, 0.25) is 0 Å². The predicted octanol–water partition coefficient (Wildman–Crippen LogP) is 3.65.